The Hall–Kier alpha value is -0.740. The van der Waals surface area contributed by atoms with E-state index < -0.39 is 5.60 Å². The van der Waals surface area contributed by atoms with E-state index in [1.807, 2.05) is 12.1 Å². The molecule has 0 atom stereocenters. The van der Waals surface area contributed by atoms with E-state index in [1.165, 1.54) is 12.8 Å². The summed E-state index contributed by atoms with van der Waals surface area (Å²) in [6, 6.07) is 3.84. The number of hydrogen-bond acceptors (Lipinski definition) is 3. The Balaban J connectivity index is 1.88. The van der Waals surface area contributed by atoms with Crippen molar-refractivity contribution < 1.29 is 14.6 Å². The first kappa shape index (κ1) is 13.3. The molecular weight excluding hydrogens is 308 g/mol. The average Bonchev–Trinajstić information content (AvgIpc) is 2.92. The molecule has 1 aromatic carbocycles. The molecule has 0 unspecified atom stereocenters. The van der Waals surface area contributed by atoms with Crippen LogP contribution in [0.15, 0.2) is 16.6 Å². The average molecular weight is 327 g/mol. The summed E-state index contributed by atoms with van der Waals surface area (Å²) in [6.45, 7) is 0. The van der Waals surface area contributed by atoms with Gasteiger partial charge in [-0.15, -0.1) is 0 Å². The van der Waals surface area contributed by atoms with Gasteiger partial charge in [0.25, 0.3) is 0 Å². The molecule has 2 aliphatic rings. The molecule has 19 heavy (non-hydrogen) atoms. The van der Waals surface area contributed by atoms with Crippen LogP contribution in [0.1, 0.15) is 44.1 Å². The van der Waals surface area contributed by atoms with Gasteiger partial charge < -0.3 is 14.6 Å². The SMILES string of the molecule is COc1cc(C2(O)CC2)c(Br)cc1OC1CCCC1. The van der Waals surface area contributed by atoms with Crippen molar-refractivity contribution >= 4 is 15.9 Å². The smallest absolute Gasteiger partial charge is 0.162 e. The third-order valence-corrected chi connectivity index (χ3v) is 4.73. The van der Waals surface area contributed by atoms with E-state index in [9.17, 15) is 5.11 Å². The van der Waals surface area contributed by atoms with Gasteiger partial charge >= 0.3 is 0 Å². The van der Waals surface area contributed by atoms with Crippen LogP contribution in [0.4, 0.5) is 0 Å². The standard InChI is InChI=1S/C15H19BrO3/c1-18-13-8-11(15(17)6-7-15)12(16)9-14(13)19-10-4-2-3-5-10/h8-10,17H,2-7H2,1H3. The first-order valence-corrected chi connectivity index (χ1v) is 7.69. The molecule has 104 valence electrons. The van der Waals surface area contributed by atoms with Crippen molar-refractivity contribution in [2.45, 2.75) is 50.2 Å². The highest BCUT2D eigenvalue weighted by Crippen LogP contribution is 2.50. The van der Waals surface area contributed by atoms with Gasteiger partial charge in [0.05, 0.1) is 18.8 Å². The first-order chi connectivity index (χ1) is 9.12. The Bertz CT molecular complexity index is 477. The molecule has 3 rings (SSSR count). The Kier molecular flexibility index (Phi) is 3.48. The van der Waals surface area contributed by atoms with Crippen LogP contribution in [-0.2, 0) is 5.60 Å². The number of benzene rings is 1. The molecule has 0 bridgehead atoms. The van der Waals surface area contributed by atoms with Crippen molar-refractivity contribution in [3.8, 4) is 11.5 Å². The highest BCUT2D eigenvalue weighted by molar-refractivity contribution is 9.10. The minimum Gasteiger partial charge on any atom is -0.493 e. The van der Waals surface area contributed by atoms with Crippen molar-refractivity contribution in [1.82, 2.24) is 0 Å². The maximum absolute atomic E-state index is 10.2. The Morgan fingerprint density at radius 1 is 1.21 bits per heavy atom. The van der Waals surface area contributed by atoms with Gasteiger partial charge in [0.2, 0.25) is 0 Å². The van der Waals surface area contributed by atoms with Crippen LogP contribution in [0, 0.1) is 0 Å². The number of halogens is 1. The molecule has 3 nitrogen and oxygen atoms in total. The van der Waals surface area contributed by atoms with E-state index >= 15 is 0 Å². The molecule has 1 aromatic rings. The van der Waals surface area contributed by atoms with Crippen LogP contribution in [0.3, 0.4) is 0 Å². The first-order valence-electron chi connectivity index (χ1n) is 6.89. The van der Waals surface area contributed by atoms with Gasteiger partial charge in [0.1, 0.15) is 0 Å². The fourth-order valence-corrected chi connectivity index (χ4v) is 3.41. The quantitative estimate of drug-likeness (QED) is 0.915. The lowest BCUT2D eigenvalue weighted by atomic mass is 10.1. The second-order valence-electron chi connectivity index (χ2n) is 5.54. The fourth-order valence-electron chi connectivity index (χ4n) is 2.72. The molecule has 0 saturated heterocycles. The van der Waals surface area contributed by atoms with Gasteiger partial charge in [-0.2, -0.15) is 0 Å². The van der Waals surface area contributed by atoms with E-state index in [2.05, 4.69) is 15.9 Å². The summed E-state index contributed by atoms with van der Waals surface area (Å²) in [5.41, 5.74) is 0.237. The second-order valence-corrected chi connectivity index (χ2v) is 6.39. The number of aliphatic hydroxyl groups is 1. The van der Waals surface area contributed by atoms with Gasteiger partial charge in [-0.05, 0) is 50.7 Å². The van der Waals surface area contributed by atoms with Gasteiger partial charge in [-0.3, -0.25) is 0 Å². The van der Waals surface area contributed by atoms with Crippen molar-refractivity contribution in [3.05, 3.63) is 22.2 Å². The summed E-state index contributed by atoms with van der Waals surface area (Å²) in [7, 11) is 1.64. The van der Waals surface area contributed by atoms with Gasteiger partial charge in [-0.25, -0.2) is 0 Å². The van der Waals surface area contributed by atoms with Crippen LogP contribution in [0.2, 0.25) is 0 Å². The molecule has 0 amide bonds. The predicted molar refractivity (Wildman–Crippen MR) is 76.7 cm³/mol. The summed E-state index contributed by atoms with van der Waals surface area (Å²) < 4.78 is 12.4. The molecule has 0 aromatic heterocycles. The molecule has 2 aliphatic carbocycles. The molecule has 0 spiro atoms. The molecule has 0 aliphatic heterocycles. The zero-order chi connectivity index (χ0) is 13.5. The number of ether oxygens (including phenoxy) is 2. The fraction of sp³-hybridized carbons (Fsp3) is 0.600. The predicted octanol–water partition coefficient (Wildman–Crippen LogP) is 3.76. The van der Waals surface area contributed by atoms with Gasteiger partial charge in [-0.1, -0.05) is 15.9 Å². The molecule has 2 fully saturated rings. The van der Waals surface area contributed by atoms with Crippen LogP contribution in [-0.4, -0.2) is 18.3 Å². The van der Waals surface area contributed by atoms with Crippen molar-refractivity contribution in [2.24, 2.45) is 0 Å². The number of hydrogen-bond donors (Lipinski definition) is 1. The van der Waals surface area contributed by atoms with E-state index in [-0.39, 0.29) is 0 Å². The number of methoxy groups -OCH3 is 1. The lowest BCUT2D eigenvalue weighted by Crippen LogP contribution is -2.13. The van der Waals surface area contributed by atoms with Crippen molar-refractivity contribution in [3.63, 3.8) is 0 Å². The van der Waals surface area contributed by atoms with Crippen LogP contribution < -0.4 is 9.47 Å². The van der Waals surface area contributed by atoms with Crippen LogP contribution >= 0.6 is 15.9 Å². The summed E-state index contributed by atoms with van der Waals surface area (Å²) in [5, 5.41) is 10.2. The molecule has 0 heterocycles. The van der Waals surface area contributed by atoms with E-state index in [0.717, 1.165) is 41.5 Å². The molecule has 4 heteroatoms. The summed E-state index contributed by atoms with van der Waals surface area (Å²) in [5.74, 6) is 1.49. The van der Waals surface area contributed by atoms with E-state index in [1.54, 1.807) is 7.11 Å². The monoisotopic (exact) mass is 326 g/mol. The van der Waals surface area contributed by atoms with E-state index in [0.29, 0.717) is 11.9 Å². The highest BCUT2D eigenvalue weighted by Gasteiger charge is 2.44. The van der Waals surface area contributed by atoms with E-state index in [4.69, 9.17) is 9.47 Å². The third kappa shape index (κ3) is 2.61. The Labute approximate surface area is 122 Å². The van der Waals surface area contributed by atoms with Gasteiger partial charge in [0.15, 0.2) is 11.5 Å². The zero-order valence-corrected chi connectivity index (χ0v) is 12.7. The largest absolute Gasteiger partial charge is 0.493 e. The molecule has 2 saturated carbocycles. The minimum absolute atomic E-state index is 0.302. The Morgan fingerprint density at radius 2 is 1.89 bits per heavy atom. The van der Waals surface area contributed by atoms with Crippen LogP contribution in [0.5, 0.6) is 11.5 Å². The topological polar surface area (TPSA) is 38.7 Å². The van der Waals surface area contributed by atoms with Crippen LogP contribution in [0.25, 0.3) is 0 Å². The maximum Gasteiger partial charge on any atom is 0.162 e. The Morgan fingerprint density at radius 3 is 2.47 bits per heavy atom. The van der Waals surface area contributed by atoms with Gasteiger partial charge in [0, 0.05) is 10.0 Å². The van der Waals surface area contributed by atoms with Crippen molar-refractivity contribution in [2.75, 3.05) is 7.11 Å². The molecule has 0 radical (unpaired) electrons. The second kappa shape index (κ2) is 4.98. The minimum atomic E-state index is -0.669. The lowest BCUT2D eigenvalue weighted by molar-refractivity contribution is 0.149. The number of rotatable bonds is 4. The lowest BCUT2D eigenvalue weighted by Gasteiger charge is -2.19. The van der Waals surface area contributed by atoms with Crippen molar-refractivity contribution in [1.29, 1.82) is 0 Å². The summed E-state index contributed by atoms with van der Waals surface area (Å²) >= 11 is 3.54. The third-order valence-electron chi connectivity index (χ3n) is 4.07. The summed E-state index contributed by atoms with van der Waals surface area (Å²) in [6.07, 6.45) is 6.65. The molecule has 1 N–H and O–H groups in total. The zero-order valence-electron chi connectivity index (χ0n) is 11.1. The molecular formula is C15H19BrO3. The summed E-state index contributed by atoms with van der Waals surface area (Å²) in [4.78, 5) is 0. The normalized spacial score (nSPS) is 21.4. The highest BCUT2D eigenvalue weighted by atomic mass is 79.9. The maximum atomic E-state index is 10.2.